The molecule has 0 aliphatic rings. The Labute approximate surface area is 136 Å². The van der Waals surface area contributed by atoms with Gasteiger partial charge in [0, 0.05) is 5.57 Å². The first-order valence-corrected chi connectivity index (χ1v) is 9.25. The van der Waals surface area contributed by atoms with E-state index in [1.54, 1.807) is 0 Å². The van der Waals surface area contributed by atoms with Gasteiger partial charge >= 0.3 is 21.2 Å². The van der Waals surface area contributed by atoms with Gasteiger partial charge in [-0.15, -0.1) is 0 Å². The van der Waals surface area contributed by atoms with E-state index in [4.69, 9.17) is 0 Å². The van der Waals surface area contributed by atoms with E-state index in [1.165, 1.54) is 20.3 Å². The van der Waals surface area contributed by atoms with Gasteiger partial charge in [0.25, 0.3) is 0 Å². The first-order valence-electron chi connectivity index (χ1n) is 6.93. The van der Waals surface area contributed by atoms with Gasteiger partial charge < -0.3 is 0 Å². The third kappa shape index (κ3) is 3.82. The average Bonchev–Trinajstić information content (AvgIpc) is 2.58. The van der Waals surface area contributed by atoms with Crippen LogP contribution in [0.5, 0.6) is 0 Å². The van der Waals surface area contributed by atoms with Gasteiger partial charge in [-0.25, -0.2) is 0 Å². The van der Waals surface area contributed by atoms with Crippen LogP contribution in [0.25, 0.3) is 5.57 Å². The van der Waals surface area contributed by atoms with E-state index >= 15 is 0 Å². The van der Waals surface area contributed by atoms with Crippen LogP contribution in [0.4, 0.5) is 0 Å². The van der Waals surface area contributed by atoms with E-state index in [0.717, 1.165) is 0 Å². The SMILES string of the molecule is C([I+]c1ccccc1)=C(c1ccccc1)c1ccccc1. The van der Waals surface area contributed by atoms with Crippen molar-refractivity contribution in [1.82, 2.24) is 0 Å². The molecule has 0 saturated heterocycles. The average molecular weight is 383 g/mol. The summed E-state index contributed by atoms with van der Waals surface area (Å²) < 4.78 is 3.87. The van der Waals surface area contributed by atoms with Crippen LogP contribution in [0.2, 0.25) is 0 Å². The Morgan fingerprint density at radius 2 is 1.00 bits per heavy atom. The van der Waals surface area contributed by atoms with E-state index < -0.39 is 0 Å². The third-order valence-corrected chi connectivity index (χ3v) is 5.56. The van der Waals surface area contributed by atoms with Crippen LogP contribution in [-0.2, 0) is 0 Å². The van der Waals surface area contributed by atoms with Gasteiger partial charge in [0.2, 0.25) is 0 Å². The van der Waals surface area contributed by atoms with Crippen molar-refractivity contribution >= 4 is 5.57 Å². The molecule has 21 heavy (non-hydrogen) atoms. The summed E-state index contributed by atoms with van der Waals surface area (Å²) in [6.45, 7) is 0. The fourth-order valence-corrected chi connectivity index (χ4v) is 4.35. The summed E-state index contributed by atoms with van der Waals surface area (Å²) in [4.78, 5) is 0. The highest BCUT2D eigenvalue weighted by Crippen LogP contribution is 2.21. The Balaban J connectivity index is 1.97. The molecular formula is C20H16I+. The van der Waals surface area contributed by atoms with Crippen LogP contribution >= 0.6 is 0 Å². The van der Waals surface area contributed by atoms with Crippen molar-refractivity contribution < 1.29 is 21.2 Å². The molecule has 0 spiro atoms. The highest BCUT2D eigenvalue weighted by Gasteiger charge is 2.13. The first-order chi connectivity index (χ1) is 10.4. The van der Waals surface area contributed by atoms with Crippen LogP contribution in [0, 0.1) is 3.57 Å². The fourth-order valence-electron chi connectivity index (χ4n) is 2.13. The molecule has 0 N–H and O–H groups in total. The number of benzene rings is 3. The molecule has 3 aromatic carbocycles. The number of hydrogen-bond donors (Lipinski definition) is 0. The summed E-state index contributed by atoms with van der Waals surface area (Å²) in [5, 5.41) is 0. The molecule has 0 aliphatic carbocycles. The maximum absolute atomic E-state index is 2.43. The van der Waals surface area contributed by atoms with Crippen molar-refractivity contribution in [3.8, 4) is 0 Å². The molecule has 0 fully saturated rings. The minimum Gasteiger partial charge on any atom is -0.0622 e. The molecule has 3 rings (SSSR count). The highest BCUT2D eigenvalue weighted by atomic mass is 127. The smallest absolute Gasteiger partial charge is 0.0622 e. The van der Waals surface area contributed by atoms with E-state index in [0.29, 0.717) is 0 Å². The van der Waals surface area contributed by atoms with Crippen LogP contribution in [0.15, 0.2) is 95.1 Å². The second-order valence-electron chi connectivity index (χ2n) is 4.66. The van der Waals surface area contributed by atoms with Crippen molar-refractivity contribution in [2.75, 3.05) is 0 Å². The van der Waals surface area contributed by atoms with E-state index in [1.807, 2.05) is 0 Å². The summed E-state index contributed by atoms with van der Waals surface area (Å²) in [6, 6.07) is 32.1. The topological polar surface area (TPSA) is 0 Å². The van der Waals surface area contributed by atoms with Crippen LogP contribution in [0.1, 0.15) is 11.1 Å². The van der Waals surface area contributed by atoms with Gasteiger partial charge in [0.1, 0.15) is 0 Å². The van der Waals surface area contributed by atoms with Gasteiger partial charge in [-0.2, -0.15) is 0 Å². The zero-order chi connectivity index (χ0) is 14.3. The Kier molecular flexibility index (Phi) is 4.85. The maximum atomic E-state index is 2.43. The largest absolute Gasteiger partial charge is 0.350 e. The standard InChI is InChI=1S/C20H16I/c1-4-10-17(11-5-1)20(18-12-6-2-7-13-18)16-21-19-14-8-3-9-15-19/h1-16H/q+1. The summed E-state index contributed by atoms with van der Waals surface area (Å²) >= 11 is -0.127. The zero-order valence-corrected chi connectivity index (χ0v) is 13.8. The lowest BCUT2D eigenvalue weighted by molar-refractivity contribution is -0.556. The van der Waals surface area contributed by atoms with E-state index in [2.05, 4.69) is 95.1 Å². The summed E-state index contributed by atoms with van der Waals surface area (Å²) in [6.07, 6.45) is 0. The Morgan fingerprint density at radius 1 is 0.571 bits per heavy atom. The normalized spacial score (nSPS) is 10.1. The second-order valence-corrected chi connectivity index (χ2v) is 7.15. The molecule has 1 heteroatoms. The number of halogens is 1. The lowest BCUT2D eigenvalue weighted by atomic mass is 10.00. The van der Waals surface area contributed by atoms with Gasteiger partial charge in [0.05, 0.1) is 0 Å². The van der Waals surface area contributed by atoms with Crippen LogP contribution in [0.3, 0.4) is 0 Å². The molecule has 0 radical (unpaired) electrons. The van der Waals surface area contributed by atoms with E-state index in [-0.39, 0.29) is 21.2 Å². The molecule has 0 bridgehead atoms. The quantitative estimate of drug-likeness (QED) is 0.605. The summed E-state index contributed by atoms with van der Waals surface area (Å²) in [5.74, 6) is 0. The predicted octanol–water partition coefficient (Wildman–Crippen LogP) is 2.03. The Morgan fingerprint density at radius 3 is 1.48 bits per heavy atom. The minimum atomic E-state index is -0.127. The molecule has 0 amide bonds. The molecule has 0 unspecified atom stereocenters. The van der Waals surface area contributed by atoms with Crippen molar-refractivity contribution in [2.24, 2.45) is 0 Å². The van der Waals surface area contributed by atoms with Crippen LogP contribution < -0.4 is 21.2 Å². The van der Waals surface area contributed by atoms with Crippen LogP contribution in [-0.4, -0.2) is 0 Å². The summed E-state index contributed by atoms with van der Waals surface area (Å²) in [5.41, 5.74) is 3.92. The number of rotatable bonds is 4. The predicted molar refractivity (Wildman–Crippen MR) is 85.1 cm³/mol. The Hall–Kier alpha value is -1.87. The molecule has 3 aromatic rings. The van der Waals surface area contributed by atoms with Crippen molar-refractivity contribution in [3.05, 3.63) is 110 Å². The molecule has 102 valence electrons. The summed E-state index contributed by atoms with van der Waals surface area (Å²) in [7, 11) is 0. The van der Waals surface area contributed by atoms with Gasteiger partial charge in [-0.1, -0.05) is 78.9 Å². The Bertz CT molecular complexity index is 659. The van der Waals surface area contributed by atoms with E-state index in [9.17, 15) is 0 Å². The van der Waals surface area contributed by atoms with Gasteiger partial charge in [0.15, 0.2) is 7.65 Å². The molecule has 0 heterocycles. The van der Waals surface area contributed by atoms with Gasteiger partial charge in [-0.3, -0.25) is 0 Å². The molecule has 0 nitrogen and oxygen atoms in total. The molecule has 0 atom stereocenters. The fraction of sp³-hybridized carbons (Fsp3) is 0. The molecule has 0 saturated carbocycles. The molecular weight excluding hydrogens is 367 g/mol. The zero-order valence-electron chi connectivity index (χ0n) is 11.6. The van der Waals surface area contributed by atoms with Gasteiger partial charge in [-0.05, 0) is 23.3 Å². The maximum Gasteiger partial charge on any atom is 0.350 e. The number of hydrogen-bond acceptors (Lipinski definition) is 0. The first kappa shape index (κ1) is 14.1. The van der Waals surface area contributed by atoms with Crippen molar-refractivity contribution in [2.45, 2.75) is 0 Å². The minimum absolute atomic E-state index is 0.127. The molecule has 0 aromatic heterocycles. The highest BCUT2D eigenvalue weighted by molar-refractivity contribution is 5.78. The second kappa shape index (κ2) is 7.23. The van der Waals surface area contributed by atoms with Crippen molar-refractivity contribution in [1.29, 1.82) is 0 Å². The lowest BCUT2D eigenvalue weighted by Crippen LogP contribution is -3.59. The monoisotopic (exact) mass is 383 g/mol. The molecule has 0 aliphatic heterocycles. The lowest BCUT2D eigenvalue weighted by Gasteiger charge is -2.04. The van der Waals surface area contributed by atoms with Crippen molar-refractivity contribution in [3.63, 3.8) is 0 Å². The third-order valence-electron chi connectivity index (χ3n) is 3.19.